The minimum atomic E-state index is -2.74. The lowest BCUT2D eigenvalue weighted by Gasteiger charge is -2.49. The number of phenolic OH excluding ortho intramolecular Hbond substituents is 1. The Labute approximate surface area is 163 Å². The van der Waals surface area contributed by atoms with Gasteiger partial charge in [0, 0.05) is 23.5 Å². The van der Waals surface area contributed by atoms with Crippen molar-refractivity contribution in [1.29, 1.82) is 0 Å². The Hall–Kier alpha value is -3.21. The molecule has 0 unspecified atom stereocenters. The van der Waals surface area contributed by atoms with Crippen LogP contribution in [-0.2, 0) is 14.4 Å². The van der Waals surface area contributed by atoms with Crippen LogP contribution in [0, 0.1) is 11.8 Å². The number of aliphatic hydroxyl groups excluding tert-OH is 2. The number of amides is 1. The maximum Gasteiger partial charge on any atom is 0.255 e. The zero-order chi connectivity index (χ0) is 21.4. The van der Waals surface area contributed by atoms with Crippen LogP contribution in [0.3, 0.4) is 0 Å². The Balaban J connectivity index is 2.00. The van der Waals surface area contributed by atoms with Crippen LogP contribution in [0.15, 0.2) is 35.1 Å². The minimum absolute atomic E-state index is 0.0589. The first-order valence-corrected chi connectivity index (χ1v) is 8.84. The van der Waals surface area contributed by atoms with Gasteiger partial charge < -0.3 is 37.6 Å². The highest BCUT2D eigenvalue weighted by molar-refractivity contribution is 6.24. The summed E-state index contributed by atoms with van der Waals surface area (Å²) in [6, 6.07) is 2.04. The summed E-state index contributed by atoms with van der Waals surface area (Å²) >= 11 is 0. The normalized spacial score (nSPS) is 33.9. The molecule has 4 rings (SSSR count). The molecular formula is C19H19N3O7. The first kappa shape index (κ1) is 19.1. The van der Waals surface area contributed by atoms with Crippen LogP contribution in [0.1, 0.15) is 23.6 Å². The van der Waals surface area contributed by atoms with Crippen molar-refractivity contribution in [1.82, 2.24) is 0 Å². The number of benzene rings is 1. The summed E-state index contributed by atoms with van der Waals surface area (Å²) in [6.07, 6.45) is -0.138. The van der Waals surface area contributed by atoms with E-state index in [1.165, 1.54) is 12.1 Å². The highest BCUT2D eigenvalue weighted by Gasteiger charge is 2.63. The molecule has 3 aliphatic carbocycles. The molecule has 0 bridgehead atoms. The smallest absolute Gasteiger partial charge is 0.255 e. The van der Waals surface area contributed by atoms with Gasteiger partial charge in [-0.3, -0.25) is 14.4 Å². The number of aliphatic hydroxyl groups is 3. The molecule has 3 aliphatic rings. The van der Waals surface area contributed by atoms with Gasteiger partial charge in [-0.05, 0) is 18.1 Å². The molecule has 1 aromatic rings. The molecule has 0 radical (unpaired) electrons. The molecule has 1 fully saturated rings. The van der Waals surface area contributed by atoms with Gasteiger partial charge in [0.2, 0.25) is 5.78 Å². The number of nitrogens with two attached hydrogens (primary N) is 3. The van der Waals surface area contributed by atoms with Crippen LogP contribution in [0.2, 0.25) is 0 Å². The van der Waals surface area contributed by atoms with E-state index in [9.17, 15) is 34.8 Å². The van der Waals surface area contributed by atoms with E-state index in [0.717, 1.165) is 0 Å². The number of aromatic hydroxyl groups is 1. The first-order chi connectivity index (χ1) is 13.5. The minimum Gasteiger partial charge on any atom is -0.508 e. The third-order valence-electron chi connectivity index (χ3n) is 6.19. The molecular weight excluding hydrogens is 382 g/mol. The van der Waals surface area contributed by atoms with E-state index in [4.69, 9.17) is 17.2 Å². The number of fused-ring (bicyclic) bond motifs is 3. The standard InChI is InChI=1S/C19H19N3O7/c20-12-5-2-1-3-8(23)9(5)14(24)10-6(12)4-7-13(21)15(25)11(18(22)28)17(27)19(7,29)16(10)26/h1-3,6-7,12-13,23-24,27,29H,4,20-21H2,(H2,22,28)/t6-,7-,12-,13-,19-/m0/s1. The lowest BCUT2D eigenvalue weighted by molar-refractivity contribution is -0.149. The number of phenols is 1. The molecule has 29 heavy (non-hydrogen) atoms. The van der Waals surface area contributed by atoms with Crippen molar-refractivity contribution in [2.24, 2.45) is 29.0 Å². The molecule has 1 amide bonds. The summed E-state index contributed by atoms with van der Waals surface area (Å²) in [6.45, 7) is 0. The van der Waals surface area contributed by atoms with E-state index in [2.05, 4.69) is 0 Å². The zero-order valence-electron chi connectivity index (χ0n) is 15.0. The van der Waals surface area contributed by atoms with E-state index in [1.807, 2.05) is 0 Å². The molecule has 0 heterocycles. The molecule has 0 saturated heterocycles. The molecule has 1 aromatic carbocycles. The van der Waals surface area contributed by atoms with Crippen LogP contribution >= 0.6 is 0 Å². The predicted octanol–water partition coefficient (Wildman–Crippen LogP) is -1.18. The van der Waals surface area contributed by atoms with Gasteiger partial charge in [-0.2, -0.15) is 0 Å². The topological polar surface area (TPSA) is 210 Å². The summed E-state index contributed by atoms with van der Waals surface area (Å²) < 4.78 is 0. The number of rotatable bonds is 1. The van der Waals surface area contributed by atoms with Gasteiger partial charge >= 0.3 is 0 Å². The average molecular weight is 401 g/mol. The number of hydrogen-bond donors (Lipinski definition) is 7. The van der Waals surface area contributed by atoms with E-state index in [1.54, 1.807) is 6.07 Å². The molecule has 5 atom stereocenters. The second kappa shape index (κ2) is 5.89. The molecule has 0 aliphatic heterocycles. The van der Waals surface area contributed by atoms with Crippen molar-refractivity contribution < 1.29 is 34.8 Å². The van der Waals surface area contributed by atoms with Crippen LogP contribution < -0.4 is 17.2 Å². The summed E-state index contributed by atoms with van der Waals surface area (Å²) in [5.74, 6) is -7.73. The third kappa shape index (κ3) is 2.18. The van der Waals surface area contributed by atoms with Crippen molar-refractivity contribution in [3.05, 3.63) is 46.2 Å². The quantitative estimate of drug-likeness (QED) is 0.282. The molecule has 152 valence electrons. The molecule has 0 aromatic heterocycles. The van der Waals surface area contributed by atoms with Crippen LogP contribution in [0.4, 0.5) is 0 Å². The highest BCUT2D eigenvalue weighted by Crippen LogP contribution is 2.54. The maximum atomic E-state index is 13.3. The van der Waals surface area contributed by atoms with Crippen molar-refractivity contribution in [2.75, 3.05) is 0 Å². The van der Waals surface area contributed by atoms with E-state index in [-0.39, 0.29) is 23.3 Å². The number of carbonyl (C=O) groups excluding carboxylic acids is 3. The second-order valence-corrected chi connectivity index (χ2v) is 7.55. The summed E-state index contributed by atoms with van der Waals surface area (Å²) in [5.41, 5.74) is 13.6. The van der Waals surface area contributed by atoms with Gasteiger partial charge in [-0.25, -0.2) is 0 Å². The Morgan fingerprint density at radius 2 is 1.76 bits per heavy atom. The molecule has 10 nitrogen and oxygen atoms in total. The first-order valence-electron chi connectivity index (χ1n) is 8.84. The average Bonchev–Trinajstić information content (AvgIpc) is 2.66. The summed E-state index contributed by atoms with van der Waals surface area (Å²) in [5, 5.41) is 42.5. The molecule has 10 N–H and O–H groups in total. The third-order valence-corrected chi connectivity index (χ3v) is 6.19. The van der Waals surface area contributed by atoms with Gasteiger partial charge in [0.25, 0.3) is 5.91 Å². The Morgan fingerprint density at radius 3 is 2.38 bits per heavy atom. The lowest BCUT2D eigenvalue weighted by Crippen LogP contribution is -2.65. The molecule has 10 heteroatoms. The van der Waals surface area contributed by atoms with E-state index < -0.39 is 64.1 Å². The lowest BCUT2D eigenvalue weighted by atomic mass is 9.57. The van der Waals surface area contributed by atoms with Crippen molar-refractivity contribution >= 4 is 23.2 Å². The van der Waals surface area contributed by atoms with Gasteiger partial charge in [0.1, 0.15) is 22.8 Å². The predicted molar refractivity (Wildman–Crippen MR) is 98.0 cm³/mol. The van der Waals surface area contributed by atoms with Crippen LogP contribution in [0.5, 0.6) is 5.75 Å². The Bertz CT molecular complexity index is 1060. The second-order valence-electron chi connectivity index (χ2n) is 7.55. The number of carbonyl (C=O) groups is 3. The largest absolute Gasteiger partial charge is 0.508 e. The van der Waals surface area contributed by atoms with Crippen LogP contribution in [0.25, 0.3) is 5.76 Å². The van der Waals surface area contributed by atoms with Gasteiger partial charge in [-0.1, -0.05) is 12.1 Å². The van der Waals surface area contributed by atoms with Gasteiger partial charge in [0.05, 0.1) is 11.6 Å². The fraction of sp³-hybridized carbons (Fsp3) is 0.316. The number of Topliss-reactive ketones (excluding diaryl/α,β-unsaturated/α-hetero) is 2. The van der Waals surface area contributed by atoms with Crippen molar-refractivity contribution in [2.45, 2.75) is 24.1 Å². The van der Waals surface area contributed by atoms with Crippen molar-refractivity contribution in [3.63, 3.8) is 0 Å². The van der Waals surface area contributed by atoms with E-state index in [0.29, 0.717) is 5.56 Å². The van der Waals surface area contributed by atoms with Gasteiger partial charge in [0.15, 0.2) is 11.4 Å². The molecule has 0 spiro atoms. The van der Waals surface area contributed by atoms with Gasteiger partial charge in [-0.15, -0.1) is 0 Å². The monoisotopic (exact) mass is 401 g/mol. The van der Waals surface area contributed by atoms with E-state index >= 15 is 0 Å². The fourth-order valence-corrected chi connectivity index (χ4v) is 4.74. The molecule has 1 saturated carbocycles. The Kier molecular flexibility index (Phi) is 3.89. The summed E-state index contributed by atoms with van der Waals surface area (Å²) in [4.78, 5) is 37.4. The Morgan fingerprint density at radius 1 is 1.10 bits per heavy atom. The maximum absolute atomic E-state index is 13.3. The SMILES string of the molecule is NC(=O)C1=C(O)[C@@]2(O)C(=O)C3=C(O)c4c(O)cccc4[C@H](N)[C@H]3C[C@H]2[C@H](N)C1=O. The fourth-order valence-electron chi connectivity index (χ4n) is 4.74. The van der Waals surface area contributed by atoms with Crippen LogP contribution in [-0.4, -0.2) is 49.5 Å². The van der Waals surface area contributed by atoms with Crippen molar-refractivity contribution in [3.8, 4) is 5.75 Å². The highest BCUT2D eigenvalue weighted by atomic mass is 16.3. The zero-order valence-corrected chi connectivity index (χ0v) is 15.0. The number of hydrogen-bond acceptors (Lipinski definition) is 9. The number of primary amides is 1. The summed E-state index contributed by atoms with van der Waals surface area (Å²) in [7, 11) is 0. The number of ketones is 2.